The van der Waals surface area contributed by atoms with Crippen LogP contribution in [-0.4, -0.2) is 205 Å². The van der Waals surface area contributed by atoms with Gasteiger partial charge < -0.3 is 88.7 Å². The molecule has 0 aromatic rings. The third kappa shape index (κ3) is 48.9. The van der Waals surface area contributed by atoms with Gasteiger partial charge in [0.15, 0.2) is 24.8 Å². The Balaban J connectivity index is 1.93. The second-order valence-electron chi connectivity index (χ2n) is 33.8. The summed E-state index contributed by atoms with van der Waals surface area (Å²) in [5.41, 5.74) is 0. The quantitative estimate of drug-likeness (QED) is 0.00889. The van der Waals surface area contributed by atoms with Crippen molar-refractivity contribution in [3.63, 3.8) is 0 Å². The van der Waals surface area contributed by atoms with E-state index in [2.05, 4.69) is 46.8 Å². The van der Waals surface area contributed by atoms with Crippen molar-refractivity contribution in [2.24, 2.45) is 5.92 Å². The number of aliphatic hydroxyl groups excluding tert-OH is 9. The maximum atomic E-state index is 14.9. The first kappa shape index (κ1) is 107. The Morgan fingerprint density at radius 2 is 0.698 bits per heavy atom. The molecule has 1 saturated carbocycles. The molecule has 0 aromatic heterocycles. The summed E-state index contributed by atoms with van der Waals surface area (Å²) in [6.07, 6.45) is 25.1. The van der Waals surface area contributed by atoms with Crippen LogP contribution < -0.4 is 0 Å². The molecule has 0 aromatic carbocycles. The largest absolute Gasteiger partial charge is 0.472 e. The van der Waals surface area contributed by atoms with E-state index < -0.39 is 162 Å². The Morgan fingerprint density at radius 3 is 1.12 bits per heavy atom. The van der Waals surface area contributed by atoms with E-state index in [1.807, 2.05) is 0 Å². The van der Waals surface area contributed by atoms with Gasteiger partial charge in [0, 0.05) is 25.7 Å². The van der Waals surface area contributed by atoms with Crippen molar-refractivity contribution in [1.29, 1.82) is 0 Å². The molecule has 3 fully saturated rings. The van der Waals surface area contributed by atoms with Gasteiger partial charge in [-0.2, -0.15) is 0 Å². The van der Waals surface area contributed by atoms with Gasteiger partial charge in [-0.3, -0.25) is 28.2 Å². The summed E-state index contributed by atoms with van der Waals surface area (Å²) in [7, 11) is -5.81. The number of unbranched alkanes of at least 4 members (excludes halogenated alkanes) is 45. The number of phosphoric acid groups is 1. The van der Waals surface area contributed by atoms with E-state index in [1.54, 1.807) is 0 Å². The highest BCUT2D eigenvalue weighted by Gasteiger charge is 2.60. The zero-order valence-corrected chi connectivity index (χ0v) is 73.6. The first-order valence-electron chi connectivity index (χ1n) is 46.8. The molecular weight excluding hydrogens is 1510 g/mol. The molecule has 3 aliphatic rings. The van der Waals surface area contributed by atoms with E-state index in [0.717, 1.165) is 122 Å². The van der Waals surface area contributed by atoms with Crippen LogP contribution in [-0.2, 0) is 70.7 Å². The fourth-order valence-corrected chi connectivity index (χ4v) is 16.6. The predicted molar refractivity (Wildman–Crippen MR) is 449 cm³/mol. The highest BCUT2D eigenvalue weighted by atomic mass is 31.2. The Hall–Kier alpha value is -2.79. The van der Waals surface area contributed by atoms with Crippen LogP contribution in [0.25, 0.3) is 0 Å². The highest BCUT2D eigenvalue weighted by Crippen LogP contribution is 2.49. The van der Waals surface area contributed by atoms with Crippen LogP contribution in [0.5, 0.6) is 0 Å². The Bertz CT molecular complexity index is 2480. The van der Waals surface area contributed by atoms with Crippen LogP contribution in [0.2, 0.25) is 0 Å². The van der Waals surface area contributed by atoms with Crippen LogP contribution >= 0.6 is 7.82 Å². The van der Waals surface area contributed by atoms with E-state index in [1.165, 1.54) is 180 Å². The lowest BCUT2D eigenvalue weighted by molar-refractivity contribution is -0.360. The van der Waals surface area contributed by atoms with Crippen molar-refractivity contribution >= 4 is 31.7 Å². The Kier molecular flexibility index (Phi) is 63.5. The molecule has 0 radical (unpaired) electrons. The normalized spacial score (nSPS) is 25.4. The minimum Gasteiger partial charge on any atom is -0.463 e. The van der Waals surface area contributed by atoms with Gasteiger partial charge in [-0.05, 0) is 57.3 Å². The molecule has 25 nitrogen and oxygen atoms in total. The highest BCUT2D eigenvalue weighted by molar-refractivity contribution is 7.47. The molecule has 0 bridgehead atoms. The van der Waals surface area contributed by atoms with Crippen molar-refractivity contribution < 1.29 is 122 Å². The Morgan fingerprint density at radius 1 is 0.362 bits per heavy atom. The first-order chi connectivity index (χ1) is 56.1. The third-order valence-corrected chi connectivity index (χ3v) is 24.2. The van der Waals surface area contributed by atoms with E-state index in [-0.39, 0.29) is 25.7 Å². The van der Waals surface area contributed by atoms with Crippen LogP contribution in [0.15, 0.2) is 12.2 Å². The summed E-state index contributed by atoms with van der Waals surface area (Å²) in [6, 6.07) is 0. The van der Waals surface area contributed by atoms with E-state index in [4.69, 9.17) is 46.9 Å². The van der Waals surface area contributed by atoms with Crippen molar-refractivity contribution in [3.05, 3.63) is 12.2 Å². The van der Waals surface area contributed by atoms with Gasteiger partial charge in [-0.1, -0.05) is 336 Å². The lowest BCUT2D eigenvalue weighted by Crippen LogP contribution is -2.70. The van der Waals surface area contributed by atoms with Crippen molar-refractivity contribution in [2.45, 2.75) is 505 Å². The number of hydrogen-bond acceptors (Lipinski definition) is 24. The molecule has 0 spiro atoms. The number of allylic oxidation sites excluding steroid dienone is 2. The Labute approximate surface area is 699 Å². The number of phosphoric ester groups is 1. The standard InChI is InChI=1S/C90H167O25P/c1-6-10-14-18-22-25-28-31-32-35-37-39-42-49-55-61-73(92)106-66-70(109-75(94)63-57-52-46-45-48-54-60-69(5)59-53-47-21-17-13-9-4)67-108-116(104,105)115-88-86(113-89-83(102)79(98)77(96)71(65-91)110-89)82(101)81(100)85(112-76(95)64-58-51-44-41-38-34-30-27-24-20-16-12-8-3)87(88)114-90-84(103)80(99)78(97)72(111-90)68-107-74(93)62-56-50-43-40-36-33-29-26-23-19-15-11-7-2/h33,36,69-72,77-91,96-103H,6-32,34-35,37-68H2,1-5H3,(H,104,105)/b36-33-. The van der Waals surface area contributed by atoms with Gasteiger partial charge in [0.1, 0.15) is 92.6 Å². The molecule has 116 heavy (non-hydrogen) atoms. The number of hydrogen-bond donors (Lipinski definition) is 10. The molecule has 1 aliphatic carbocycles. The SMILES string of the molecule is CCCCCCCC/C=C\CCCCCC(=O)OCC1OC(OC2C(OC(=O)CCCCCCCCCCCCCCC)C(O)C(O)C(OC3OC(CO)C(O)C(O)C3O)C2OP(=O)(O)OCC(COC(=O)CCCCCCCCCCCCCCCCC)OC(=O)CCCCCCCCC(C)CCCCCCCC)C(O)C(O)C1O. The minimum absolute atomic E-state index is 0.00474. The monoisotopic (exact) mass is 1680 g/mol. The number of ether oxygens (including phenoxy) is 8. The third-order valence-electron chi connectivity index (χ3n) is 23.2. The van der Waals surface area contributed by atoms with Crippen LogP contribution in [0, 0.1) is 5.92 Å². The summed E-state index contributed by atoms with van der Waals surface area (Å²) in [4.78, 5) is 66.5. The molecule has 682 valence electrons. The molecular formula is C90H167O25P. The lowest BCUT2D eigenvalue weighted by Gasteiger charge is -2.50. The summed E-state index contributed by atoms with van der Waals surface area (Å²) < 4.78 is 73.4. The second kappa shape index (κ2) is 68.6. The minimum atomic E-state index is -5.81. The fraction of sp³-hybridized carbons (Fsp3) is 0.933. The summed E-state index contributed by atoms with van der Waals surface area (Å²) in [5.74, 6) is -2.30. The first-order valence-corrected chi connectivity index (χ1v) is 48.3. The molecule has 10 N–H and O–H groups in total. The van der Waals surface area contributed by atoms with Gasteiger partial charge in [0.2, 0.25) is 0 Å². The molecule has 19 atom stereocenters. The second-order valence-corrected chi connectivity index (χ2v) is 35.2. The maximum Gasteiger partial charge on any atom is 0.472 e. The van der Waals surface area contributed by atoms with Gasteiger partial charge in [-0.15, -0.1) is 0 Å². The summed E-state index contributed by atoms with van der Waals surface area (Å²) in [6.45, 7) is 7.91. The molecule has 2 saturated heterocycles. The zero-order chi connectivity index (χ0) is 84.8. The van der Waals surface area contributed by atoms with E-state index in [9.17, 15) is 74.6 Å². The van der Waals surface area contributed by atoms with Crippen molar-refractivity contribution in [1.82, 2.24) is 0 Å². The smallest absolute Gasteiger partial charge is 0.463 e. The van der Waals surface area contributed by atoms with Crippen molar-refractivity contribution in [3.8, 4) is 0 Å². The van der Waals surface area contributed by atoms with Gasteiger partial charge >= 0.3 is 31.7 Å². The van der Waals surface area contributed by atoms with E-state index in [0.29, 0.717) is 44.4 Å². The average molecular weight is 1680 g/mol. The zero-order valence-electron chi connectivity index (χ0n) is 72.7. The lowest BCUT2D eigenvalue weighted by atomic mass is 9.84. The number of rotatable bonds is 75. The van der Waals surface area contributed by atoms with Crippen LogP contribution in [0.3, 0.4) is 0 Å². The molecule has 0 amide bonds. The number of esters is 4. The van der Waals surface area contributed by atoms with Crippen molar-refractivity contribution in [2.75, 3.05) is 26.4 Å². The predicted octanol–water partition coefficient (Wildman–Crippen LogP) is 17.0. The summed E-state index contributed by atoms with van der Waals surface area (Å²) in [5, 5.41) is 102. The molecule has 2 heterocycles. The molecule has 3 rings (SSSR count). The number of carbonyl (C=O) groups excluding carboxylic acids is 4. The van der Waals surface area contributed by atoms with Gasteiger partial charge in [-0.25, -0.2) is 4.57 Å². The molecule has 26 heteroatoms. The maximum absolute atomic E-state index is 14.9. The van der Waals surface area contributed by atoms with Crippen LogP contribution in [0.4, 0.5) is 0 Å². The molecule has 19 unspecified atom stereocenters. The average Bonchev–Trinajstić information content (AvgIpc) is 0.730. The van der Waals surface area contributed by atoms with Crippen LogP contribution in [0.1, 0.15) is 401 Å². The van der Waals surface area contributed by atoms with E-state index >= 15 is 0 Å². The fourth-order valence-electron chi connectivity index (χ4n) is 15.6. The van der Waals surface area contributed by atoms with Gasteiger partial charge in [0.05, 0.1) is 13.2 Å². The van der Waals surface area contributed by atoms with Gasteiger partial charge in [0.25, 0.3) is 0 Å². The topological polar surface area (TPSA) is 380 Å². The molecule has 2 aliphatic heterocycles. The number of carbonyl (C=O) groups is 4. The summed E-state index contributed by atoms with van der Waals surface area (Å²) >= 11 is 0. The number of aliphatic hydroxyl groups is 9.